The molecule has 5 heterocycles. The number of ether oxygens (including phenoxy) is 1. The molecule has 10 nitrogen and oxygen atoms in total. The fourth-order valence-electron chi connectivity index (χ4n) is 5.19. The zero-order valence-corrected chi connectivity index (χ0v) is 22.6. The molecule has 4 bridgehead atoms. The summed E-state index contributed by atoms with van der Waals surface area (Å²) in [5.74, 6) is -0.217. The highest BCUT2D eigenvalue weighted by Crippen LogP contribution is 2.32. The highest BCUT2D eigenvalue weighted by molar-refractivity contribution is 7.13. The molecule has 1 saturated heterocycles. The van der Waals surface area contributed by atoms with Crippen molar-refractivity contribution in [3.63, 3.8) is 0 Å². The second-order valence-corrected chi connectivity index (χ2v) is 11.3. The molecule has 0 spiro atoms. The number of rotatable bonds is 2. The molecule has 11 heteroatoms. The summed E-state index contributed by atoms with van der Waals surface area (Å²) in [4.78, 5) is 50.6. The van der Waals surface area contributed by atoms with E-state index in [-0.39, 0.29) is 41.7 Å². The number of pyridine rings is 1. The topological polar surface area (TPSA) is 119 Å². The lowest BCUT2D eigenvalue weighted by molar-refractivity contribution is -0.132. The molecule has 3 aromatic rings. The minimum Gasteiger partial charge on any atom is -0.381 e. The molecule has 0 atom stereocenters. The van der Waals surface area contributed by atoms with Gasteiger partial charge in [-0.15, -0.1) is 11.3 Å². The van der Waals surface area contributed by atoms with E-state index in [2.05, 4.69) is 20.4 Å². The summed E-state index contributed by atoms with van der Waals surface area (Å²) in [7, 11) is 0. The van der Waals surface area contributed by atoms with Gasteiger partial charge in [0.15, 0.2) is 11.5 Å². The van der Waals surface area contributed by atoms with Crippen molar-refractivity contribution in [2.24, 2.45) is 5.92 Å². The molecule has 2 fully saturated rings. The van der Waals surface area contributed by atoms with Crippen LogP contribution in [0, 0.1) is 5.92 Å². The summed E-state index contributed by atoms with van der Waals surface area (Å²) >= 11 is 1.39. The highest BCUT2D eigenvalue weighted by Gasteiger charge is 2.33. The van der Waals surface area contributed by atoms with E-state index in [1.165, 1.54) is 11.3 Å². The lowest BCUT2D eigenvalue weighted by Gasteiger charge is -2.23. The van der Waals surface area contributed by atoms with Crippen molar-refractivity contribution in [2.75, 3.05) is 31.6 Å². The third-order valence-electron chi connectivity index (χ3n) is 7.54. The molecule has 39 heavy (non-hydrogen) atoms. The summed E-state index contributed by atoms with van der Waals surface area (Å²) in [6.45, 7) is 2.44. The number of amides is 2. The van der Waals surface area contributed by atoms with Gasteiger partial charge in [0, 0.05) is 67.7 Å². The molecular weight excluding hydrogens is 516 g/mol. The standard InChI is InChI=1S/C28H32N6O4S/c35-24-4-2-12-33(28(37)18-5-6-18)11-1-3-20-15-19(7-10-29-20)27-31-23(17-39-27)26(36)30-22-16-34(32-25(22)24)21-8-13-38-14-9-21/h7,10,15-18,21H,1-6,8-9,11-14H2,(H,30,36). The van der Waals surface area contributed by atoms with E-state index in [1.54, 1.807) is 22.5 Å². The van der Waals surface area contributed by atoms with Crippen LogP contribution in [0.2, 0.25) is 0 Å². The van der Waals surface area contributed by atoms with Gasteiger partial charge >= 0.3 is 0 Å². The molecule has 0 unspecified atom stereocenters. The number of hydrogen-bond donors (Lipinski definition) is 1. The van der Waals surface area contributed by atoms with Crippen LogP contribution in [-0.2, 0) is 16.0 Å². The molecule has 2 aliphatic heterocycles. The van der Waals surface area contributed by atoms with Gasteiger partial charge in [0.2, 0.25) is 5.91 Å². The Morgan fingerprint density at radius 2 is 1.87 bits per heavy atom. The largest absolute Gasteiger partial charge is 0.381 e. The third-order valence-corrected chi connectivity index (χ3v) is 8.43. The lowest BCUT2D eigenvalue weighted by Crippen LogP contribution is -2.34. The molecule has 0 aromatic carbocycles. The Morgan fingerprint density at radius 3 is 2.67 bits per heavy atom. The average molecular weight is 549 g/mol. The predicted octanol–water partition coefficient (Wildman–Crippen LogP) is 4.15. The lowest BCUT2D eigenvalue weighted by atomic mass is 10.1. The Balaban J connectivity index is 1.31. The molecule has 6 rings (SSSR count). The summed E-state index contributed by atoms with van der Waals surface area (Å²) < 4.78 is 7.28. The molecule has 204 valence electrons. The monoisotopic (exact) mass is 548 g/mol. The van der Waals surface area contributed by atoms with Crippen LogP contribution in [0.4, 0.5) is 5.69 Å². The Morgan fingerprint density at radius 1 is 1.08 bits per heavy atom. The van der Waals surface area contributed by atoms with E-state index in [4.69, 9.17) is 4.74 Å². The molecule has 2 amide bonds. The van der Waals surface area contributed by atoms with Crippen molar-refractivity contribution < 1.29 is 19.1 Å². The molecule has 1 N–H and O–H groups in total. The Kier molecular flexibility index (Phi) is 7.51. The fourth-order valence-corrected chi connectivity index (χ4v) is 5.99. The number of carbonyl (C=O) groups excluding carboxylic acids is 3. The van der Waals surface area contributed by atoms with E-state index in [9.17, 15) is 14.4 Å². The second kappa shape index (κ2) is 11.4. The van der Waals surface area contributed by atoms with Gasteiger partial charge in [-0.05, 0) is 57.1 Å². The van der Waals surface area contributed by atoms with Crippen molar-refractivity contribution in [3.05, 3.63) is 47.0 Å². The number of hydrogen-bond acceptors (Lipinski definition) is 8. The first kappa shape index (κ1) is 25.8. The van der Waals surface area contributed by atoms with Crippen LogP contribution >= 0.6 is 11.3 Å². The number of aromatic nitrogens is 4. The van der Waals surface area contributed by atoms with Gasteiger partial charge in [0.25, 0.3) is 5.91 Å². The highest BCUT2D eigenvalue weighted by atomic mass is 32.1. The smallest absolute Gasteiger partial charge is 0.275 e. The maximum atomic E-state index is 13.4. The van der Waals surface area contributed by atoms with Crippen molar-refractivity contribution in [3.8, 4) is 10.6 Å². The first-order chi connectivity index (χ1) is 19.0. The molecule has 0 radical (unpaired) electrons. The van der Waals surface area contributed by atoms with Gasteiger partial charge < -0.3 is 15.0 Å². The van der Waals surface area contributed by atoms with Gasteiger partial charge in [-0.1, -0.05) is 0 Å². The van der Waals surface area contributed by atoms with E-state index < -0.39 is 0 Å². The molecule has 1 saturated carbocycles. The summed E-state index contributed by atoms with van der Waals surface area (Å²) in [6, 6.07) is 4.00. The van der Waals surface area contributed by atoms with Crippen LogP contribution in [0.25, 0.3) is 10.6 Å². The quantitative estimate of drug-likeness (QED) is 0.511. The predicted molar refractivity (Wildman–Crippen MR) is 146 cm³/mol. The van der Waals surface area contributed by atoms with E-state index >= 15 is 0 Å². The van der Waals surface area contributed by atoms with Crippen molar-refractivity contribution in [2.45, 2.75) is 57.4 Å². The number of fused-ring (bicyclic) bond motifs is 6. The normalized spacial score (nSPS) is 19.6. The third kappa shape index (κ3) is 5.94. The number of nitrogens with one attached hydrogen (secondary N) is 1. The van der Waals surface area contributed by atoms with Gasteiger partial charge in [-0.3, -0.25) is 24.0 Å². The number of carbonyl (C=O) groups is 3. The molecular formula is C28H32N6O4S. The van der Waals surface area contributed by atoms with Crippen LogP contribution in [-0.4, -0.2) is 68.5 Å². The van der Waals surface area contributed by atoms with Gasteiger partial charge in [0.05, 0.1) is 11.7 Å². The Labute approximate surface area is 230 Å². The van der Waals surface area contributed by atoms with Crippen molar-refractivity contribution in [1.29, 1.82) is 0 Å². The second-order valence-electron chi connectivity index (χ2n) is 10.5. The van der Waals surface area contributed by atoms with E-state index in [0.717, 1.165) is 54.8 Å². The Hall–Kier alpha value is -3.44. The van der Waals surface area contributed by atoms with E-state index in [0.29, 0.717) is 44.1 Å². The number of Topliss-reactive ketones (excluding diaryl/α,β-unsaturated/α-hetero) is 1. The van der Waals surface area contributed by atoms with Gasteiger partial charge in [-0.2, -0.15) is 5.10 Å². The van der Waals surface area contributed by atoms with Crippen LogP contribution in [0.15, 0.2) is 29.9 Å². The average Bonchev–Trinajstić information content (AvgIpc) is 3.53. The molecule has 1 aliphatic carbocycles. The number of nitrogens with zero attached hydrogens (tertiary/aromatic N) is 5. The number of ketones is 1. The van der Waals surface area contributed by atoms with Crippen LogP contribution in [0.1, 0.15) is 77.7 Å². The number of anilines is 1. The minimum absolute atomic E-state index is 0.107. The summed E-state index contributed by atoms with van der Waals surface area (Å²) in [5, 5.41) is 9.99. The first-order valence-corrected chi connectivity index (χ1v) is 14.6. The number of thiazole rings is 1. The van der Waals surface area contributed by atoms with Crippen molar-refractivity contribution >= 4 is 34.6 Å². The minimum atomic E-state index is -0.380. The summed E-state index contributed by atoms with van der Waals surface area (Å²) in [6.07, 6.45) is 9.30. The van der Waals surface area contributed by atoms with Gasteiger partial charge in [0.1, 0.15) is 10.7 Å². The van der Waals surface area contributed by atoms with E-state index in [1.807, 2.05) is 17.0 Å². The fraction of sp³-hybridized carbons (Fsp3) is 0.500. The zero-order valence-electron chi connectivity index (χ0n) is 21.8. The molecule has 3 aromatic heterocycles. The molecule has 3 aliphatic rings. The maximum absolute atomic E-state index is 13.4. The maximum Gasteiger partial charge on any atom is 0.275 e. The van der Waals surface area contributed by atoms with Crippen molar-refractivity contribution in [1.82, 2.24) is 24.6 Å². The summed E-state index contributed by atoms with van der Waals surface area (Å²) in [5.41, 5.74) is 2.77. The SMILES string of the molecule is O=C1Nc2cn(C3CCOCC3)nc2C(=O)CCCN(C(=O)C2CC2)CCCc2cc(ccn2)-c2nc1cs2. The first-order valence-electron chi connectivity index (χ1n) is 13.8. The van der Waals surface area contributed by atoms with Crippen LogP contribution < -0.4 is 5.32 Å². The number of aryl methyl sites for hydroxylation is 1. The zero-order chi connectivity index (χ0) is 26.8. The van der Waals surface area contributed by atoms with Crippen LogP contribution in [0.3, 0.4) is 0 Å². The Bertz CT molecular complexity index is 1370. The van der Waals surface area contributed by atoms with Gasteiger partial charge in [-0.25, -0.2) is 4.98 Å². The van der Waals surface area contributed by atoms with Crippen LogP contribution in [0.5, 0.6) is 0 Å².